The van der Waals surface area contributed by atoms with Crippen LogP contribution in [0.15, 0.2) is 34.9 Å². The number of nitrogens with one attached hydrogen (secondary N) is 3. The standard InChI is InChI=1S/C16H19N5O4S/c1-10-6-13(21-25-10)20-15(23)9-26-8-14(22)18-7-11-2-4-12(5-3-11)19-16(17)24/h2-6H,7-9H2,1H3,(H,18,22)(H3,17,19,24)(H,20,21,23). The van der Waals surface area contributed by atoms with Gasteiger partial charge in [-0.05, 0) is 24.6 Å². The molecule has 0 bridgehead atoms. The first-order valence-corrected chi connectivity index (χ1v) is 8.81. The number of nitrogens with zero attached hydrogens (tertiary/aromatic N) is 1. The Morgan fingerprint density at radius 2 is 1.81 bits per heavy atom. The molecule has 138 valence electrons. The number of urea groups is 1. The van der Waals surface area contributed by atoms with Crippen LogP contribution in [0.5, 0.6) is 0 Å². The zero-order chi connectivity index (χ0) is 18.9. The fraction of sp³-hybridized carbons (Fsp3) is 0.250. The minimum atomic E-state index is -0.634. The third-order valence-electron chi connectivity index (χ3n) is 3.07. The van der Waals surface area contributed by atoms with Crippen molar-refractivity contribution in [3.8, 4) is 0 Å². The molecule has 5 N–H and O–H groups in total. The van der Waals surface area contributed by atoms with Gasteiger partial charge in [-0.2, -0.15) is 0 Å². The van der Waals surface area contributed by atoms with Crippen LogP contribution < -0.4 is 21.7 Å². The first-order chi connectivity index (χ1) is 12.4. The number of carbonyl (C=O) groups excluding carboxylic acids is 3. The first-order valence-electron chi connectivity index (χ1n) is 7.65. The van der Waals surface area contributed by atoms with Crippen LogP contribution in [0.1, 0.15) is 11.3 Å². The molecule has 1 aromatic heterocycles. The summed E-state index contributed by atoms with van der Waals surface area (Å²) in [5.41, 5.74) is 6.48. The van der Waals surface area contributed by atoms with Gasteiger partial charge in [0.1, 0.15) is 5.76 Å². The molecule has 0 radical (unpaired) electrons. The van der Waals surface area contributed by atoms with Crippen molar-refractivity contribution in [3.05, 3.63) is 41.7 Å². The quantitative estimate of drug-likeness (QED) is 0.549. The number of carbonyl (C=O) groups is 3. The summed E-state index contributed by atoms with van der Waals surface area (Å²) in [6.07, 6.45) is 0. The maximum Gasteiger partial charge on any atom is 0.316 e. The SMILES string of the molecule is Cc1cc(NC(=O)CSCC(=O)NCc2ccc(NC(N)=O)cc2)no1. The van der Waals surface area contributed by atoms with Crippen molar-refractivity contribution >= 4 is 41.1 Å². The highest BCUT2D eigenvalue weighted by Crippen LogP contribution is 2.10. The third kappa shape index (κ3) is 6.85. The van der Waals surface area contributed by atoms with Crippen LogP contribution in [0.3, 0.4) is 0 Å². The van der Waals surface area contributed by atoms with E-state index >= 15 is 0 Å². The Kier molecular flexibility index (Phi) is 7.03. The van der Waals surface area contributed by atoms with Gasteiger partial charge < -0.3 is 26.2 Å². The van der Waals surface area contributed by atoms with E-state index in [1.165, 1.54) is 11.8 Å². The monoisotopic (exact) mass is 377 g/mol. The van der Waals surface area contributed by atoms with Gasteiger partial charge >= 0.3 is 6.03 Å². The summed E-state index contributed by atoms with van der Waals surface area (Å²) in [7, 11) is 0. The van der Waals surface area contributed by atoms with Crippen LogP contribution in [0.4, 0.5) is 16.3 Å². The molecule has 0 atom stereocenters. The van der Waals surface area contributed by atoms with Gasteiger partial charge in [-0.3, -0.25) is 9.59 Å². The van der Waals surface area contributed by atoms with Crippen LogP contribution in [0, 0.1) is 6.92 Å². The second kappa shape index (κ2) is 9.47. The number of rotatable bonds is 8. The summed E-state index contributed by atoms with van der Waals surface area (Å²) in [4.78, 5) is 34.2. The molecule has 0 saturated heterocycles. The summed E-state index contributed by atoms with van der Waals surface area (Å²) in [6.45, 7) is 2.07. The van der Waals surface area contributed by atoms with E-state index < -0.39 is 6.03 Å². The van der Waals surface area contributed by atoms with Gasteiger partial charge in [-0.15, -0.1) is 11.8 Å². The molecule has 0 aliphatic heterocycles. The Bertz CT molecular complexity index is 775. The lowest BCUT2D eigenvalue weighted by Gasteiger charge is -2.07. The van der Waals surface area contributed by atoms with E-state index in [4.69, 9.17) is 10.3 Å². The van der Waals surface area contributed by atoms with Crippen molar-refractivity contribution in [1.82, 2.24) is 10.5 Å². The van der Waals surface area contributed by atoms with Crippen LogP contribution in [-0.4, -0.2) is 34.5 Å². The lowest BCUT2D eigenvalue weighted by molar-refractivity contribution is -0.118. The Balaban J connectivity index is 1.64. The van der Waals surface area contributed by atoms with Gasteiger partial charge in [-0.1, -0.05) is 17.3 Å². The van der Waals surface area contributed by atoms with E-state index in [9.17, 15) is 14.4 Å². The van der Waals surface area contributed by atoms with Gasteiger partial charge in [-0.25, -0.2) is 4.79 Å². The number of hydrogen-bond acceptors (Lipinski definition) is 6. The van der Waals surface area contributed by atoms with Crippen molar-refractivity contribution in [2.45, 2.75) is 13.5 Å². The number of nitrogens with two attached hydrogens (primary N) is 1. The van der Waals surface area contributed by atoms with E-state index in [0.717, 1.165) is 5.56 Å². The lowest BCUT2D eigenvalue weighted by atomic mass is 10.2. The first kappa shape index (κ1) is 19.3. The summed E-state index contributed by atoms with van der Waals surface area (Å²) in [5.74, 6) is 0.810. The summed E-state index contributed by atoms with van der Waals surface area (Å²) >= 11 is 1.20. The molecule has 0 unspecified atom stereocenters. The van der Waals surface area contributed by atoms with E-state index in [0.29, 0.717) is 23.8 Å². The average molecular weight is 377 g/mol. The number of anilines is 2. The fourth-order valence-corrected chi connectivity index (χ4v) is 2.59. The highest BCUT2D eigenvalue weighted by molar-refractivity contribution is 8.00. The summed E-state index contributed by atoms with van der Waals surface area (Å²) < 4.78 is 4.85. The second-order valence-electron chi connectivity index (χ2n) is 5.33. The normalized spacial score (nSPS) is 10.2. The smallest absolute Gasteiger partial charge is 0.316 e. The topological polar surface area (TPSA) is 139 Å². The Morgan fingerprint density at radius 1 is 1.12 bits per heavy atom. The Labute approximate surface area is 154 Å². The van der Waals surface area contributed by atoms with E-state index in [1.54, 1.807) is 37.3 Å². The molecule has 0 aliphatic carbocycles. The molecule has 0 fully saturated rings. The third-order valence-corrected chi connectivity index (χ3v) is 4.01. The number of aromatic nitrogens is 1. The minimum absolute atomic E-state index is 0.132. The molecular weight excluding hydrogens is 358 g/mol. The van der Waals surface area contributed by atoms with Crippen molar-refractivity contribution in [2.24, 2.45) is 5.73 Å². The highest BCUT2D eigenvalue weighted by atomic mass is 32.2. The van der Waals surface area contributed by atoms with Crippen molar-refractivity contribution in [3.63, 3.8) is 0 Å². The van der Waals surface area contributed by atoms with Crippen LogP contribution in [-0.2, 0) is 16.1 Å². The molecular formula is C16H19N5O4S. The Morgan fingerprint density at radius 3 is 2.42 bits per heavy atom. The number of thioether (sulfide) groups is 1. The molecule has 26 heavy (non-hydrogen) atoms. The van der Waals surface area contributed by atoms with E-state index in [-0.39, 0.29) is 23.3 Å². The number of hydrogen-bond donors (Lipinski definition) is 4. The minimum Gasteiger partial charge on any atom is -0.360 e. The molecule has 10 heteroatoms. The largest absolute Gasteiger partial charge is 0.360 e. The Hall–Kier alpha value is -3.01. The van der Waals surface area contributed by atoms with Crippen LogP contribution in [0.2, 0.25) is 0 Å². The predicted molar refractivity (Wildman–Crippen MR) is 98.7 cm³/mol. The van der Waals surface area contributed by atoms with Crippen molar-refractivity contribution in [1.29, 1.82) is 0 Å². The van der Waals surface area contributed by atoms with Gasteiger partial charge in [0, 0.05) is 18.3 Å². The number of amides is 4. The van der Waals surface area contributed by atoms with Gasteiger partial charge in [0.05, 0.1) is 11.5 Å². The zero-order valence-corrected chi connectivity index (χ0v) is 14.9. The summed E-state index contributed by atoms with van der Waals surface area (Å²) in [6, 6.07) is 7.90. The molecule has 1 aromatic carbocycles. The number of aryl methyl sites for hydroxylation is 1. The van der Waals surface area contributed by atoms with Crippen molar-refractivity contribution < 1.29 is 18.9 Å². The lowest BCUT2D eigenvalue weighted by Crippen LogP contribution is -2.25. The average Bonchev–Trinajstić information content (AvgIpc) is 2.98. The molecule has 4 amide bonds. The highest BCUT2D eigenvalue weighted by Gasteiger charge is 2.08. The van der Waals surface area contributed by atoms with Gasteiger partial charge in [0.15, 0.2) is 5.82 Å². The molecule has 9 nitrogen and oxygen atoms in total. The molecule has 1 heterocycles. The van der Waals surface area contributed by atoms with Crippen LogP contribution in [0.25, 0.3) is 0 Å². The predicted octanol–water partition coefficient (Wildman–Crippen LogP) is 1.46. The molecule has 2 rings (SSSR count). The maximum absolute atomic E-state index is 11.8. The molecule has 2 aromatic rings. The molecule has 0 aliphatic rings. The molecule has 0 spiro atoms. The van der Waals surface area contributed by atoms with Crippen LogP contribution >= 0.6 is 11.8 Å². The van der Waals surface area contributed by atoms with Crippen molar-refractivity contribution in [2.75, 3.05) is 22.1 Å². The summed E-state index contributed by atoms with van der Waals surface area (Å²) in [5, 5.41) is 11.4. The van der Waals surface area contributed by atoms with E-state index in [2.05, 4.69) is 21.1 Å². The second-order valence-corrected chi connectivity index (χ2v) is 6.31. The molecule has 0 saturated carbocycles. The van der Waals surface area contributed by atoms with Gasteiger partial charge in [0.2, 0.25) is 11.8 Å². The number of benzene rings is 1. The van der Waals surface area contributed by atoms with Gasteiger partial charge in [0.25, 0.3) is 0 Å². The zero-order valence-electron chi connectivity index (χ0n) is 14.1. The fourth-order valence-electron chi connectivity index (χ4n) is 1.94. The maximum atomic E-state index is 11.8. The number of primary amides is 1. The van der Waals surface area contributed by atoms with E-state index in [1.807, 2.05) is 0 Å².